The molecule has 0 bridgehead atoms. The van der Waals surface area contributed by atoms with E-state index in [9.17, 15) is 27.6 Å². The first kappa shape index (κ1) is 23.8. The molecule has 0 radical (unpaired) electrons. The van der Waals surface area contributed by atoms with E-state index in [4.69, 9.17) is 0 Å². The van der Waals surface area contributed by atoms with Crippen molar-refractivity contribution in [2.45, 2.75) is 39.3 Å². The molecule has 3 amide bonds. The van der Waals surface area contributed by atoms with E-state index in [0.29, 0.717) is 0 Å². The standard InChI is InChI=1S/C23H23F3N4O3/c1-13-6-7-19-18(10-13)17(14(2)27-19)12-22(33)30-29-21(32)9-8-20(31)28-16-5-3-4-15(11-16)23(24,25)26/h3-7,10-11,27H,8-9,12H2,1-2H3,(H,28,31)(H,29,32)(H,30,33). The summed E-state index contributed by atoms with van der Waals surface area (Å²) in [5, 5.41) is 3.25. The first-order valence-electron chi connectivity index (χ1n) is 10.2. The van der Waals surface area contributed by atoms with E-state index >= 15 is 0 Å². The van der Waals surface area contributed by atoms with Crippen molar-refractivity contribution in [3.63, 3.8) is 0 Å². The Morgan fingerprint density at radius 3 is 2.33 bits per heavy atom. The number of alkyl halides is 3. The van der Waals surface area contributed by atoms with Crippen LogP contribution in [0.5, 0.6) is 0 Å². The normalized spacial score (nSPS) is 11.3. The van der Waals surface area contributed by atoms with Crippen LogP contribution in [0.2, 0.25) is 0 Å². The Morgan fingerprint density at radius 1 is 0.909 bits per heavy atom. The van der Waals surface area contributed by atoms with Gasteiger partial charge in [-0.25, -0.2) is 0 Å². The van der Waals surface area contributed by atoms with Crippen molar-refractivity contribution >= 4 is 34.3 Å². The van der Waals surface area contributed by atoms with Crippen LogP contribution in [0.15, 0.2) is 42.5 Å². The maximum absolute atomic E-state index is 12.7. The lowest BCUT2D eigenvalue weighted by Gasteiger charge is -2.10. The Morgan fingerprint density at radius 2 is 1.61 bits per heavy atom. The summed E-state index contributed by atoms with van der Waals surface area (Å²) in [4.78, 5) is 39.4. The van der Waals surface area contributed by atoms with Gasteiger partial charge in [0, 0.05) is 35.1 Å². The molecule has 0 aliphatic carbocycles. The second-order valence-corrected chi connectivity index (χ2v) is 7.68. The predicted molar refractivity (Wildman–Crippen MR) is 117 cm³/mol. The minimum Gasteiger partial charge on any atom is -0.358 e. The van der Waals surface area contributed by atoms with E-state index < -0.39 is 29.5 Å². The molecule has 0 aliphatic heterocycles. The van der Waals surface area contributed by atoms with E-state index in [0.717, 1.165) is 39.9 Å². The summed E-state index contributed by atoms with van der Waals surface area (Å²) in [6.07, 6.45) is -5.00. The average molecular weight is 460 g/mol. The van der Waals surface area contributed by atoms with E-state index in [-0.39, 0.29) is 24.9 Å². The molecule has 1 aromatic heterocycles. The largest absolute Gasteiger partial charge is 0.416 e. The Labute approximate surface area is 187 Å². The highest BCUT2D eigenvalue weighted by atomic mass is 19.4. The van der Waals surface area contributed by atoms with Crippen LogP contribution in [0, 0.1) is 13.8 Å². The van der Waals surface area contributed by atoms with Gasteiger partial charge in [-0.05, 0) is 49.7 Å². The fraction of sp³-hybridized carbons (Fsp3) is 0.261. The van der Waals surface area contributed by atoms with Gasteiger partial charge in [-0.15, -0.1) is 0 Å². The zero-order valence-electron chi connectivity index (χ0n) is 18.0. The van der Waals surface area contributed by atoms with Crippen molar-refractivity contribution in [3.8, 4) is 0 Å². The molecule has 7 nitrogen and oxygen atoms in total. The first-order chi connectivity index (χ1) is 15.5. The zero-order valence-corrected chi connectivity index (χ0v) is 18.0. The maximum Gasteiger partial charge on any atom is 0.416 e. The number of hydrazine groups is 1. The monoisotopic (exact) mass is 460 g/mol. The Hall–Kier alpha value is -3.82. The second kappa shape index (κ2) is 9.76. The summed E-state index contributed by atoms with van der Waals surface area (Å²) in [6, 6.07) is 10.1. The number of carbonyl (C=O) groups excluding carboxylic acids is 3. The molecular formula is C23H23F3N4O3. The number of aromatic amines is 1. The molecule has 4 N–H and O–H groups in total. The highest BCUT2D eigenvalue weighted by Gasteiger charge is 2.30. The Balaban J connectivity index is 1.46. The quantitative estimate of drug-likeness (QED) is 0.420. The van der Waals surface area contributed by atoms with Crippen molar-refractivity contribution in [2.75, 3.05) is 5.32 Å². The molecule has 0 aliphatic rings. The molecule has 33 heavy (non-hydrogen) atoms. The molecular weight excluding hydrogens is 437 g/mol. The number of hydrogen-bond acceptors (Lipinski definition) is 3. The number of aromatic nitrogens is 1. The topological polar surface area (TPSA) is 103 Å². The molecule has 0 atom stereocenters. The van der Waals surface area contributed by atoms with Crippen LogP contribution in [0.3, 0.4) is 0 Å². The first-order valence-corrected chi connectivity index (χ1v) is 10.2. The third-order valence-electron chi connectivity index (χ3n) is 5.01. The van der Waals surface area contributed by atoms with Gasteiger partial charge in [-0.1, -0.05) is 17.7 Å². The summed E-state index contributed by atoms with van der Waals surface area (Å²) >= 11 is 0. The van der Waals surface area contributed by atoms with Gasteiger partial charge in [0.2, 0.25) is 17.7 Å². The van der Waals surface area contributed by atoms with Gasteiger partial charge in [0.1, 0.15) is 0 Å². The predicted octanol–water partition coefficient (Wildman–Crippen LogP) is 3.91. The smallest absolute Gasteiger partial charge is 0.358 e. The van der Waals surface area contributed by atoms with Crippen molar-refractivity contribution in [3.05, 3.63) is 64.8 Å². The van der Waals surface area contributed by atoms with Crippen LogP contribution in [-0.4, -0.2) is 22.7 Å². The molecule has 2 aromatic carbocycles. The minimum atomic E-state index is -4.52. The average Bonchev–Trinajstić information content (AvgIpc) is 3.05. The fourth-order valence-electron chi connectivity index (χ4n) is 3.35. The van der Waals surface area contributed by atoms with Gasteiger partial charge in [0.05, 0.1) is 12.0 Å². The van der Waals surface area contributed by atoms with Gasteiger partial charge >= 0.3 is 6.18 Å². The van der Waals surface area contributed by atoms with Crippen molar-refractivity contribution < 1.29 is 27.6 Å². The van der Waals surface area contributed by atoms with Crippen LogP contribution in [0.1, 0.15) is 35.2 Å². The van der Waals surface area contributed by atoms with Crippen molar-refractivity contribution in [1.82, 2.24) is 15.8 Å². The fourth-order valence-corrected chi connectivity index (χ4v) is 3.35. The van der Waals surface area contributed by atoms with Gasteiger partial charge in [0.25, 0.3) is 0 Å². The summed E-state index contributed by atoms with van der Waals surface area (Å²) in [5.41, 5.74) is 7.29. The third-order valence-corrected chi connectivity index (χ3v) is 5.01. The molecule has 10 heteroatoms. The lowest BCUT2D eigenvalue weighted by molar-refractivity contribution is -0.137. The van der Waals surface area contributed by atoms with Gasteiger partial charge in [-0.2, -0.15) is 13.2 Å². The summed E-state index contributed by atoms with van der Waals surface area (Å²) < 4.78 is 38.2. The molecule has 174 valence electrons. The minimum absolute atomic E-state index is 0.0205. The summed E-state index contributed by atoms with van der Waals surface area (Å²) in [6.45, 7) is 3.81. The molecule has 1 heterocycles. The van der Waals surface area contributed by atoms with Crippen LogP contribution < -0.4 is 16.2 Å². The maximum atomic E-state index is 12.7. The molecule has 3 aromatic rings. The Bertz CT molecular complexity index is 1200. The zero-order chi connectivity index (χ0) is 24.2. The van der Waals surface area contributed by atoms with Gasteiger partial charge in [0.15, 0.2) is 0 Å². The number of H-pyrrole nitrogens is 1. The lowest BCUT2D eigenvalue weighted by atomic mass is 10.1. The lowest BCUT2D eigenvalue weighted by Crippen LogP contribution is -2.42. The van der Waals surface area contributed by atoms with E-state index in [1.165, 1.54) is 12.1 Å². The number of halogens is 3. The number of aryl methyl sites for hydroxylation is 2. The number of hydrogen-bond donors (Lipinski definition) is 4. The molecule has 0 spiro atoms. The number of anilines is 1. The van der Waals surface area contributed by atoms with E-state index in [2.05, 4.69) is 21.2 Å². The van der Waals surface area contributed by atoms with Crippen LogP contribution in [0.4, 0.5) is 18.9 Å². The molecule has 3 rings (SSSR count). The summed E-state index contributed by atoms with van der Waals surface area (Å²) in [5.74, 6) is -1.66. The number of rotatable bonds is 6. The van der Waals surface area contributed by atoms with Crippen molar-refractivity contribution in [1.29, 1.82) is 0 Å². The van der Waals surface area contributed by atoms with Crippen LogP contribution in [-0.2, 0) is 27.0 Å². The molecule has 0 saturated carbocycles. The number of nitrogens with one attached hydrogen (secondary N) is 4. The summed E-state index contributed by atoms with van der Waals surface area (Å²) in [7, 11) is 0. The Kier molecular flexibility index (Phi) is 7.05. The number of fused-ring (bicyclic) bond motifs is 1. The van der Waals surface area contributed by atoms with Gasteiger partial charge < -0.3 is 10.3 Å². The molecule has 0 saturated heterocycles. The molecule has 0 fully saturated rings. The van der Waals surface area contributed by atoms with Crippen LogP contribution in [0.25, 0.3) is 10.9 Å². The number of amides is 3. The SMILES string of the molecule is Cc1ccc2[nH]c(C)c(CC(=O)NNC(=O)CCC(=O)Nc3cccc(C(F)(F)F)c3)c2c1. The van der Waals surface area contributed by atoms with Gasteiger partial charge in [-0.3, -0.25) is 25.2 Å². The number of carbonyl (C=O) groups is 3. The van der Waals surface area contributed by atoms with E-state index in [1.54, 1.807) is 0 Å². The van der Waals surface area contributed by atoms with E-state index in [1.807, 2.05) is 32.0 Å². The second-order valence-electron chi connectivity index (χ2n) is 7.68. The van der Waals surface area contributed by atoms with Crippen molar-refractivity contribution in [2.24, 2.45) is 0 Å². The highest BCUT2D eigenvalue weighted by Crippen LogP contribution is 2.30. The highest BCUT2D eigenvalue weighted by molar-refractivity contribution is 5.94. The van der Waals surface area contributed by atoms with Crippen LogP contribution >= 0.6 is 0 Å². The molecule has 0 unspecified atom stereocenters. The number of benzene rings is 2. The third kappa shape index (κ3) is 6.34.